The highest BCUT2D eigenvalue weighted by Gasteiger charge is 2.62. The van der Waals surface area contributed by atoms with Crippen molar-refractivity contribution < 1.29 is 13.2 Å². The SMILES string of the molecule is C=CC1([C@](C)(N)c2ccccc2F)CC(F)(F)C1. The molecule has 0 amide bonds. The minimum atomic E-state index is -2.74. The number of nitrogens with two attached hydrogens (primary N) is 1. The summed E-state index contributed by atoms with van der Waals surface area (Å²) in [5, 5.41) is 0. The molecular weight excluding hydrogens is 239 g/mol. The highest BCUT2D eigenvalue weighted by Crippen LogP contribution is 2.60. The summed E-state index contributed by atoms with van der Waals surface area (Å²) in [6.45, 7) is 5.19. The molecule has 1 aromatic carbocycles. The van der Waals surface area contributed by atoms with Crippen molar-refractivity contribution in [3.63, 3.8) is 0 Å². The van der Waals surface area contributed by atoms with Crippen LogP contribution in [0.1, 0.15) is 25.3 Å². The van der Waals surface area contributed by atoms with Gasteiger partial charge >= 0.3 is 0 Å². The second-order valence-electron chi connectivity index (χ2n) is 5.25. The Balaban J connectivity index is 2.43. The van der Waals surface area contributed by atoms with Crippen molar-refractivity contribution in [2.75, 3.05) is 0 Å². The molecule has 0 unspecified atom stereocenters. The maximum absolute atomic E-state index is 13.8. The molecule has 4 heteroatoms. The molecule has 98 valence electrons. The largest absolute Gasteiger partial charge is 0.321 e. The van der Waals surface area contributed by atoms with Crippen LogP contribution >= 0.6 is 0 Å². The Morgan fingerprint density at radius 3 is 2.33 bits per heavy atom. The van der Waals surface area contributed by atoms with Crippen molar-refractivity contribution in [3.8, 4) is 0 Å². The number of halogens is 3. The molecule has 1 nitrogen and oxygen atoms in total. The van der Waals surface area contributed by atoms with Gasteiger partial charge in [0.1, 0.15) is 5.82 Å². The lowest BCUT2D eigenvalue weighted by atomic mass is 9.54. The third kappa shape index (κ3) is 1.75. The van der Waals surface area contributed by atoms with Crippen LogP contribution in [0.4, 0.5) is 13.2 Å². The second-order valence-corrected chi connectivity index (χ2v) is 5.25. The summed E-state index contributed by atoms with van der Waals surface area (Å²) in [4.78, 5) is 0. The molecule has 1 aliphatic rings. The Bertz CT molecular complexity index is 472. The molecule has 0 saturated heterocycles. The fourth-order valence-electron chi connectivity index (χ4n) is 2.75. The van der Waals surface area contributed by atoms with Gasteiger partial charge in [-0.05, 0) is 13.0 Å². The van der Waals surface area contributed by atoms with Crippen LogP contribution < -0.4 is 5.73 Å². The van der Waals surface area contributed by atoms with Gasteiger partial charge in [-0.3, -0.25) is 0 Å². The maximum Gasteiger partial charge on any atom is 0.250 e. The zero-order valence-electron chi connectivity index (χ0n) is 10.2. The number of rotatable bonds is 3. The van der Waals surface area contributed by atoms with Crippen LogP contribution in [0.5, 0.6) is 0 Å². The molecule has 18 heavy (non-hydrogen) atoms. The minimum absolute atomic E-state index is 0.250. The van der Waals surface area contributed by atoms with Crippen LogP contribution in [-0.4, -0.2) is 5.92 Å². The fraction of sp³-hybridized carbons (Fsp3) is 0.429. The Morgan fingerprint density at radius 1 is 1.33 bits per heavy atom. The molecule has 0 bridgehead atoms. The molecule has 1 saturated carbocycles. The minimum Gasteiger partial charge on any atom is -0.321 e. The van der Waals surface area contributed by atoms with Crippen LogP contribution in [0.15, 0.2) is 36.9 Å². The van der Waals surface area contributed by atoms with E-state index in [0.29, 0.717) is 0 Å². The number of alkyl halides is 2. The highest BCUT2D eigenvalue weighted by molar-refractivity contribution is 5.33. The van der Waals surface area contributed by atoms with E-state index < -0.39 is 22.7 Å². The summed E-state index contributed by atoms with van der Waals surface area (Å²) < 4.78 is 40.1. The van der Waals surface area contributed by atoms with Crippen molar-refractivity contribution in [2.45, 2.75) is 31.2 Å². The van der Waals surface area contributed by atoms with Gasteiger partial charge in [-0.15, -0.1) is 6.58 Å². The van der Waals surface area contributed by atoms with E-state index in [2.05, 4.69) is 6.58 Å². The molecule has 1 aromatic rings. The van der Waals surface area contributed by atoms with Crippen molar-refractivity contribution in [2.24, 2.45) is 11.1 Å². The lowest BCUT2D eigenvalue weighted by molar-refractivity contribution is -0.166. The summed E-state index contributed by atoms with van der Waals surface area (Å²) in [5.74, 6) is -3.21. The molecule has 1 atom stereocenters. The Hall–Kier alpha value is -1.29. The van der Waals surface area contributed by atoms with Crippen LogP contribution in [0.25, 0.3) is 0 Å². The first-order valence-electron chi connectivity index (χ1n) is 5.79. The third-order valence-corrected chi connectivity index (χ3v) is 4.01. The van der Waals surface area contributed by atoms with Gasteiger partial charge in [0, 0.05) is 23.8 Å². The molecule has 1 fully saturated rings. The fourth-order valence-corrected chi connectivity index (χ4v) is 2.75. The van der Waals surface area contributed by atoms with Gasteiger partial charge in [-0.1, -0.05) is 24.3 Å². The summed E-state index contributed by atoms with van der Waals surface area (Å²) in [7, 11) is 0. The molecule has 2 N–H and O–H groups in total. The second kappa shape index (κ2) is 3.85. The lowest BCUT2D eigenvalue weighted by Crippen LogP contribution is -2.60. The van der Waals surface area contributed by atoms with Gasteiger partial charge in [0.05, 0.1) is 5.54 Å². The van der Waals surface area contributed by atoms with E-state index in [1.807, 2.05) is 0 Å². The van der Waals surface area contributed by atoms with E-state index in [1.54, 1.807) is 19.1 Å². The quantitative estimate of drug-likeness (QED) is 0.820. The topological polar surface area (TPSA) is 26.0 Å². The smallest absolute Gasteiger partial charge is 0.250 e. The molecule has 0 spiro atoms. The van der Waals surface area contributed by atoms with Crippen LogP contribution in [0, 0.1) is 11.2 Å². The summed E-state index contributed by atoms with van der Waals surface area (Å²) in [6, 6.07) is 6.02. The molecule has 0 radical (unpaired) electrons. The predicted octanol–water partition coefficient (Wildman–Crippen LogP) is 3.60. The van der Waals surface area contributed by atoms with E-state index >= 15 is 0 Å². The zero-order chi connectivity index (χ0) is 13.6. The molecule has 0 aliphatic heterocycles. The number of hydrogen-bond acceptors (Lipinski definition) is 1. The van der Waals surface area contributed by atoms with Crippen molar-refractivity contribution in [1.29, 1.82) is 0 Å². The summed E-state index contributed by atoms with van der Waals surface area (Å²) in [6.07, 6.45) is 0.673. The van der Waals surface area contributed by atoms with Gasteiger partial charge in [-0.2, -0.15) is 0 Å². The average Bonchev–Trinajstić information content (AvgIpc) is 2.25. The van der Waals surface area contributed by atoms with Crippen LogP contribution in [0.2, 0.25) is 0 Å². The van der Waals surface area contributed by atoms with E-state index in [-0.39, 0.29) is 18.4 Å². The average molecular weight is 255 g/mol. The Labute approximate surface area is 104 Å². The van der Waals surface area contributed by atoms with Crippen molar-refractivity contribution in [1.82, 2.24) is 0 Å². The molecule has 0 heterocycles. The van der Waals surface area contributed by atoms with Gasteiger partial charge in [0.15, 0.2) is 0 Å². The first-order chi connectivity index (χ1) is 8.24. The van der Waals surface area contributed by atoms with Gasteiger partial charge in [0.2, 0.25) is 5.92 Å². The van der Waals surface area contributed by atoms with E-state index in [9.17, 15) is 13.2 Å². The normalized spacial score (nSPS) is 23.8. The molecule has 2 rings (SSSR count). The first-order valence-corrected chi connectivity index (χ1v) is 5.79. The van der Waals surface area contributed by atoms with Crippen molar-refractivity contribution >= 4 is 0 Å². The lowest BCUT2D eigenvalue weighted by Gasteiger charge is -2.54. The van der Waals surface area contributed by atoms with Gasteiger partial charge in [0.25, 0.3) is 0 Å². The Kier molecular flexibility index (Phi) is 2.81. The number of benzene rings is 1. The maximum atomic E-state index is 13.8. The van der Waals surface area contributed by atoms with Gasteiger partial charge < -0.3 is 5.73 Å². The summed E-state index contributed by atoms with van der Waals surface area (Å²) in [5.41, 5.74) is 4.26. The highest BCUT2D eigenvalue weighted by atomic mass is 19.3. The standard InChI is InChI=1S/C14H16F3N/c1-3-13(8-14(16,17)9-13)12(2,18)10-6-4-5-7-11(10)15/h3-7H,1,8-9,18H2,2H3/t12-/m1/s1. The van der Waals surface area contributed by atoms with Crippen LogP contribution in [-0.2, 0) is 5.54 Å². The zero-order valence-corrected chi connectivity index (χ0v) is 10.2. The first kappa shape index (κ1) is 13.1. The van der Waals surface area contributed by atoms with E-state index in [4.69, 9.17) is 5.73 Å². The third-order valence-electron chi connectivity index (χ3n) is 4.01. The van der Waals surface area contributed by atoms with Crippen molar-refractivity contribution in [3.05, 3.63) is 48.3 Å². The monoisotopic (exact) mass is 255 g/mol. The predicted molar refractivity (Wildman–Crippen MR) is 64.8 cm³/mol. The molecule has 0 aromatic heterocycles. The number of hydrogen-bond donors (Lipinski definition) is 1. The molecular formula is C14H16F3N. The van der Waals surface area contributed by atoms with Crippen LogP contribution in [0.3, 0.4) is 0 Å². The van der Waals surface area contributed by atoms with Gasteiger partial charge in [-0.25, -0.2) is 13.2 Å². The van der Waals surface area contributed by atoms with E-state index in [1.165, 1.54) is 18.2 Å². The Morgan fingerprint density at radius 2 is 1.89 bits per heavy atom. The van der Waals surface area contributed by atoms with E-state index in [0.717, 1.165) is 0 Å². The summed E-state index contributed by atoms with van der Waals surface area (Å²) >= 11 is 0. The molecule has 1 aliphatic carbocycles.